The Bertz CT molecular complexity index is 881. The fourth-order valence-electron chi connectivity index (χ4n) is 2.85. The Balaban J connectivity index is 0.00000280. The minimum absolute atomic E-state index is 0. The van der Waals surface area contributed by atoms with Crippen LogP contribution in [0.3, 0.4) is 0 Å². The highest BCUT2D eigenvalue weighted by molar-refractivity contribution is 14.0. The van der Waals surface area contributed by atoms with Crippen LogP contribution in [0, 0.1) is 0 Å². The third kappa shape index (κ3) is 6.09. The van der Waals surface area contributed by atoms with Crippen molar-refractivity contribution in [3.8, 4) is 5.75 Å². The summed E-state index contributed by atoms with van der Waals surface area (Å²) in [7, 11) is 2.02. The average Bonchev–Trinajstić information content (AvgIpc) is 2.72. The van der Waals surface area contributed by atoms with E-state index in [0.29, 0.717) is 13.2 Å². The van der Waals surface area contributed by atoms with E-state index in [9.17, 15) is 0 Å². The molecule has 0 saturated heterocycles. The molecule has 5 nitrogen and oxygen atoms in total. The molecule has 0 aliphatic rings. The molecule has 148 valence electrons. The summed E-state index contributed by atoms with van der Waals surface area (Å²) in [4.78, 5) is 11.4. The van der Waals surface area contributed by atoms with Crippen molar-refractivity contribution in [2.75, 3.05) is 26.7 Å². The molecule has 0 saturated carbocycles. The van der Waals surface area contributed by atoms with Gasteiger partial charge in [-0.15, -0.1) is 24.0 Å². The lowest BCUT2D eigenvalue weighted by Crippen LogP contribution is -2.40. The Morgan fingerprint density at radius 3 is 2.61 bits per heavy atom. The fourth-order valence-corrected chi connectivity index (χ4v) is 2.85. The summed E-state index contributed by atoms with van der Waals surface area (Å²) in [5.74, 6) is 1.73. The number of likely N-dealkylation sites (N-methyl/N-ethyl adjacent to an activating group) is 1. The van der Waals surface area contributed by atoms with Crippen LogP contribution in [-0.2, 0) is 6.54 Å². The van der Waals surface area contributed by atoms with Gasteiger partial charge in [0.2, 0.25) is 0 Å². The smallest absolute Gasteiger partial charge is 0.194 e. The lowest BCUT2D eigenvalue weighted by Gasteiger charge is -2.22. The summed E-state index contributed by atoms with van der Waals surface area (Å²) in [5, 5.41) is 5.68. The number of aromatic nitrogens is 1. The van der Waals surface area contributed by atoms with E-state index in [-0.39, 0.29) is 24.0 Å². The molecule has 0 aliphatic heterocycles. The molecular formula is C22H27IN4O. The van der Waals surface area contributed by atoms with Crippen molar-refractivity contribution >= 4 is 40.7 Å². The monoisotopic (exact) mass is 490 g/mol. The predicted octanol–water partition coefficient (Wildman–Crippen LogP) is 4.33. The van der Waals surface area contributed by atoms with Crippen molar-refractivity contribution in [3.05, 3.63) is 72.6 Å². The van der Waals surface area contributed by atoms with E-state index in [2.05, 4.69) is 34.3 Å². The number of halogens is 1. The Labute approximate surface area is 183 Å². The topological polar surface area (TPSA) is 49.8 Å². The van der Waals surface area contributed by atoms with Gasteiger partial charge in [0.05, 0.1) is 18.8 Å². The highest BCUT2D eigenvalue weighted by Gasteiger charge is 2.07. The average molecular weight is 490 g/mol. The van der Waals surface area contributed by atoms with Crippen LogP contribution in [0.25, 0.3) is 10.8 Å². The number of hydrogen-bond acceptors (Lipinski definition) is 3. The fraction of sp³-hybridized carbons (Fsp3) is 0.273. The first kappa shape index (κ1) is 21.9. The minimum atomic E-state index is 0. The summed E-state index contributed by atoms with van der Waals surface area (Å²) in [5.41, 5.74) is 0.984. The molecule has 0 fully saturated rings. The molecule has 1 N–H and O–H groups in total. The maximum atomic E-state index is 5.79. The van der Waals surface area contributed by atoms with Gasteiger partial charge in [0, 0.05) is 25.2 Å². The molecule has 0 amide bonds. The van der Waals surface area contributed by atoms with Crippen molar-refractivity contribution in [2.24, 2.45) is 4.99 Å². The van der Waals surface area contributed by atoms with E-state index in [1.807, 2.05) is 61.8 Å². The van der Waals surface area contributed by atoms with Crippen LogP contribution >= 0.6 is 24.0 Å². The highest BCUT2D eigenvalue weighted by Crippen LogP contribution is 2.17. The van der Waals surface area contributed by atoms with Crippen molar-refractivity contribution < 1.29 is 4.74 Å². The van der Waals surface area contributed by atoms with Gasteiger partial charge in [0.25, 0.3) is 0 Å². The minimum Gasteiger partial charge on any atom is -0.492 e. The van der Waals surface area contributed by atoms with Gasteiger partial charge in [0.15, 0.2) is 5.96 Å². The number of nitrogens with zero attached hydrogens (tertiary/aromatic N) is 3. The van der Waals surface area contributed by atoms with Crippen molar-refractivity contribution in [1.82, 2.24) is 15.2 Å². The lowest BCUT2D eigenvalue weighted by atomic mass is 10.1. The summed E-state index contributed by atoms with van der Waals surface area (Å²) < 4.78 is 5.79. The van der Waals surface area contributed by atoms with Crippen LogP contribution in [-0.4, -0.2) is 42.6 Å². The number of rotatable bonds is 7. The number of hydrogen-bond donors (Lipinski definition) is 1. The van der Waals surface area contributed by atoms with Crippen LogP contribution in [0.1, 0.15) is 12.6 Å². The highest BCUT2D eigenvalue weighted by atomic mass is 127. The summed E-state index contributed by atoms with van der Waals surface area (Å²) in [6.07, 6.45) is 1.84. The summed E-state index contributed by atoms with van der Waals surface area (Å²) >= 11 is 0. The van der Waals surface area contributed by atoms with E-state index in [0.717, 1.165) is 35.9 Å². The molecule has 3 aromatic rings. The SMILES string of the molecule is CCNC(=NCc1nccc2ccccc12)N(C)CCOc1ccccc1.I. The van der Waals surface area contributed by atoms with Crippen LogP contribution in [0.2, 0.25) is 0 Å². The molecule has 28 heavy (non-hydrogen) atoms. The van der Waals surface area contributed by atoms with Crippen LogP contribution in [0.5, 0.6) is 5.75 Å². The summed E-state index contributed by atoms with van der Waals surface area (Å²) in [6, 6.07) is 20.2. The molecule has 1 aromatic heterocycles. The zero-order chi connectivity index (χ0) is 18.9. The molecule has 1 heterocycles. The Hall–Kier alpha value is -2.35. The van der Waals surface area contributed by atoms with Crippen molar-refractivity contribution in [1.29, 1.82) is 0 Å². The van der Waals surface area contributed by atoms with Gasteiger partial charge < -0.3 is 15.0 Å². The Kier molecular flexibility index (Phi) is 9.00. The van der Waals surface area contributed by atoms with Crippen molar-refractivity contribution in [2.45, 2.75) is 13.5 Å². The maximum absolute atomic E-state index is 5.79. The molecule has 0 atom stereocenters. The van der Waals surface area contributed by atoms with Gasteiger partial charge in [0.1, 0.15) is 12.4 Å². The molecule has 0 aliphatic carbocycles. The quantitative estimate of drug-likeness (QED) is 0.305. The van der Waals surface area contributed by atoms with E-state index >= 15 is 0 Å². The number of aliphatic imine (C=N–C) groups is 1. The third-order valence-electron chi connectivity index (χ3n) is 4.27. The van der Waals surface area contributed by atoms with Crippen LogP contribution in [0.4, 0.5) is 0 Å². The number of guanidine groups is 1. The zero-order valence-corrected chi connectivity index (χ0v) is 18.7. The lowest BCUT2D eigenvalue weighted by molar-refractivity contribution is 0.281. The number of nitrogens with one attached hydrogen (secondary N) is 1. The molecule has 0 radical (unpaired) electrons. The normalized spacial score (nSPS) is 11.0. The van der Waals surface area contributed by atoms with E-state index in [1.165, 1.54) is 5.39 Å². The van der Waals surface area contributed by atoms with Gasteiger partial charge in [-0.05, 0) is 30.5 Å². The molecule has 3 rings (SSSR count). The van der Waals surface area contributed by atoms with Crippen LogP contribution < -0.4 is 10.1 Å². The predicted molar refractivity (Wildman–Crippen MR) is 127 cm³/mol. The second kappa shape index (κ2) is 11.5. The summed E-state index contributed by atoms with van der Waals surface area (Å²) in [6.45, 7) is 4.75. The van der Waals surface area contributed by atoms with E-state index < -0.39 is 0 Å². The van der Waals surface area contributed by atoms with Gasteiger partial charge in [-0.25, -0.2) is 4.99 Å². The number of benzene rings is 2. The standard InChI is InChI=1S/C22H26N4O.HI/c1-3-23-22(26(2)15-16-27-19-10-5-4-6-11-19)25-17-21-20-12-8-7-9-18(20)13-14-24-21;/h4-14H,3,15-17H2,1-2H3,(H,23,25);1H. The molecule has 2 aromatic carbocycles. The largest absolute Gasteiger partial charge is 0.492 e. The first-order chi connectivity index (χ1) is 13.3. The number of pyridine rings is 1. The van der Waals surface area contributed by atoms with Gasteiger partial charge in [-0.3, -0.25) is 4.98 Å². The number of ether oxygens (including phenoxy) is 1. The first-order valence-electron chi connectivity index (χ1n) is 9.28. The molecule has 0 spiro atoms. The zero-order valence-electron chi connectivity index (χ0n) is 16.3. The van der Waals surface area contributed by atoms with Gasteiger partial charge in [-0.2, -0.15) is 0 Å². The van der Waals surface area contributed by atoms with Crippen LogP contribution in [0.15, 0.2) is 71.9 Å². The Morgan fingerprint density at radius 1 is 1.07 bits per heavy atom. The van der Waals surface area contributed by atoms with E-state index in [1.54, 1.807) is 0 Å². The van der Waals surface area contributed by atoms with E-state index in [4.69, 9.17) is 9.73 Å². The molecule has 0 unspecified atom stereocenters. The van der Waals surface area contributed by atoms with Gasteiger partial charge >= 0.3 is 0 Å². The first-order valence-corrected chi connectivity index (χ1v) is 9.28. The third-order valence-corrected chi connectivity index (χ3v) is 4.27. The van der Waals surface area contributed by atoms with Gasteiger partial charge in [-0.1, -0.05) is 42.5 Å². The maximum Gasteiger partial charge on any atom is 0.194 e. The second-order valence-corrected chi connectivity index (χ2v) is 6.23. The Morgan fingerprint density at radius 2 is 1.82 bits per heavy atom. The molecule has 0 bridgehead atoms. The molecular weight excluding hydrogens is 463 g/mol. The number of fused-ring (bicyclic) bond motifs is 1. The van der Waals surface area contributed by atoms with Crippen molar-refractivity contribution in [3.63, 3.8) is 0 Å². The molecule has 6 heteroatoms. The second-order valence-electron chi connectivity index (χ2n) is 6.23. The number of para-hydroxylation sites is 1.